The standard InChI is InChI=1S/C18H29N3O3/c1-5-14(3)21(4)12-11-19-17(22)13-20-18(23)15-9-7-8-10-16(15)24-6-2/h7-10,14H,5-6,11-13H2,1-4H3,(H,19,22)(H,20,23)/t14-/m0/s1. The van der Waals surface area contributed by atoms with Crippen LogP contribution in [0.15, 0.2) is 24.3 Å². The third-order valence-corrected chi connectivity index (χ3v) is 3.97. The first-order chi connectivity index (χ1) is 11.5. The van der Waals surface area contributed by atoms with Gasteiger partial charge >= 0.3 is 0 Å². The molecule has 0 heterocycles. The summed E-state index contributed by atoms with van der Waals surface area (Å²) in [5.41, 5.74) is 0.434. The third-order valence-electron chi connectivity index (χ3n) is 3.97. The summed E-state index contributed by atoms with van der Waals surface area (Å²) in [4.78, 5) is 26.2. The minimum absolute atomic E-state index is 0.0493. The minimum Gasteiger partial charge on any atom is -0.493 e. The van der Waals surface area contributed by atoms with Crippen LogP contribution in [0, 0.1) is 0 Å². The van der Waals surface area contributed by atoms with Crippen LogP contribution in [0.4, 0.5) is 0 Å². The van der Waals surface area contributed by atoms with Gasteiger partial charge in [-0.3, -0.25) is 9.59 Å². The van der Waals surface area contributed by atoms with E-state index in [0.717, 1.165) is 13.0 Å². The van der Waals surface area contributed by atoms with Gasteiger partial charge in [0, 0.05) is 19.1 Å². The first kappa shape index (κ1) is 20.0. The lowest BCUT2D eigenvalue weighted by Gasteiger charge is -2.23. The average molecular weight is 335 g/mol. The summed E-state index contributed by atoms with van der Waals surface area (Å²) in [7, 11) is 2.03. The number of carbonyl (C=O) groups is 2. The summed E-state index contributed by atoms with van der Waals surface area (Å²) < 4.78 is 5.42. The Kier molecular flexibility index (Phi) is 8.86. The smallest absolute Gasteiger partial charge is 0.255 e. The fourth-order valence-corrected chi connectivity index (χ4v) is 2.16. The topological polar surface area (TPSA) is 70.7 Å². The summed E-state index contributed by atoms with van der Waals surface area (Å²) in [5, 5.41) is 5.44. The molecule has 6 nitrogen and oxygen atoms in total. The lowest BCUT2D eigenvalue weighted by molar-refractivity contribution is -0.120. The number of rotatable bonds is 10. The normalized spacial score (nSPS) is 11.9. The van der Waals surface area contributed by atoms with E-state index in [1.165, 1.54) is 0 Å². The van der Waals surface area contributed by atoms with Crippen molar-refractivity contribution >= 4 is 11.8 Å². The second-order valence-electron chi connectivity index (χ2n) is 5.70. The molecule has 1 atom stereocenters. The van der Waals surface area contributed by atoms with E-state index in [2.05, 4.69) is 29.4 Å². The molecular formula is C18H29N3O3. The summed E-state index contributed by atoms with van der Waals surface area (Å²) in [5.74, 6) is 0.00815. The molecule has 0 spiro atoms. The van der Waals surface area contributed by atoms with Gasteiger partial charge in [0.05, 0.1) is 18.7 Å². The van der Waals surface area contributed by atoms with Crippen LogP contribution in [0.5, 0.6) is 5.75 Å². The second-order valence-corrected chi connectivity index (χ2v) is 5.70. The molecule has 0 radical (unpaired) electrons. The number of amides is 2. The van der Waals surface area contributed by atoms with Gasteiger partial charge in [-0.1, -0.05) is 19.1 Å². The Labute approximate surface area is 144 Å². The molecule has 0 bridgehead atoms. The molecule has 2 amide bonds. The molecule has 0 aromatic heterocycles. The average Bonchev–Trinajstić information content (AvgIpc) is 2.59. The highest BCUT2D eigenvalue weighted by Gasteiger charge is 2.13. The number of likely N-dealkylation sites (N-methyl/N-ethyl adjacent to an activating group) is 1. The Hall–Kier alpha value is -2.08. The molecule has 0 saturated heterocycles. The molecular weight excluding hydrogens is 306 g/mol. The van der Waals surface area contributed by atoms with Crippen molar-refractivity contribution in [2.24, 2.45) is 0 Å². The number of hydrogen-bond acceptors (Lipinski definition) is 4. The molecule has 0 aliphatic rings. The number of hydrogen-bond donors (Lipinski definition) is 2. The van der Waals surface area contributed by atoms with Crippen molar-refractivity contribution in [2.45, 2.75) is 33.2 Å². The highest BCUT2D eigenvalue weighted by Crippen LogP contribution is 2.17. The van der Waals surface area contributed by atoms with Crippen LogP contribution in [-0.4, -0.2) is 56.0 Å². The number of benzene rings is 1. The van der Waals surface area contributed by atoms with Crippen molar-refractivity contribution in [3.8, 4) is 5.75 Å². The number of nitrogens with zero attached hydrogens (tertiary/aromatic N) is 1. The molecule has 1 rings (SSSR count). The van der Waals surface area contributed by atoms with Crippen molar-refractivity contribution in [1.82, 2.24) is 15.5 Å². The van der Waals surface area contributed by atoms with Gasteiger partial charge in [-0.25, -0.2) is 0 Å². The van der Waals surface area contributed by atoms with E-state index in [1.807, 2.05) is 20.0 Å². The maximum atomic E-state index is 12.2. The van der Waals surface area contributed by atoms with Gasteiger partial charge in [-0.2, -0.15) is 0 Å². The largest absolute Gasteiger partial charge is 0.493 e. The Morgan fingerprint density at radius 1 is 1.21 bits per heavy atom. The Morgan fingerprint density at radius 2 is 1.92 bits per heavy atom. The monoisotopic (exact) mass is 335 g/mol. The van der Waals surface area contributed by atoms with Crippen molar-refractivity contribution in [1.29, 1.82) is 0 Å². The van der Waals surface area contributed by atoms with Crippen LogP contribution in [0.3, 0.4) is 0 Å². The maximum absolute atomic E-state index is 12.2. The molecule has 0 fully saturated rings. The fourth-order valence-electron chi connectivity index (χ4n) is 2.16. The maximum Gasteiger partial charge on any atom is 0.255 e. The first-order valence-electron chi connectivity index (χ1n) is 8.46. The Morgan fingerprint density at radius 3 is 2.58 bits per heavy atom. The van der Waals surface area contributed by atoms with E-state index in [0.29, 0.717) is 30.5 Å². The van der Waals surface area contributed by atoms with Crippen molar-refractivity contribution in [2.75, 3.05) is 33.3 Å². The molecule has 1 aromatic rings. The molecule has 24 heavy (non-hydrogen) atoms. The van der Waals surface area contributed by atoms with Crippen molar-refractivity contribution < 1.29 is 14.3 Å². The van der Waals surface area contributed by atoms with Crippen molar-refractivity contribution in [3.05, 3.63) is 29.8 Å². The van der Waals surface area contributed by atoms with Crippen molar-refractivity contribution in [3.63, 3.8) is 0 Å². The SMILES string of the molecule is CCOc1ccccc1C(=O)NCC(=O)NCCN(C)[C@@H](C)CC. The predicted octanol–water partition coefficient (Wildman–Crippen LogP) is 1.66. The van der Waals surface area contributed by atoms with Gasteiger partial charge < -0.3 is 20.3 Å². The number of ether oxygens (including phenoxy) is 1. The molecule has 0 aliphatic carbocycles. The van der Waals surface area contributed by atoms with Crippen LogP contribution in [0.1, 0.15) is 37.6 Å². The molecule has 6 heteroatoms. The van der Waals surface area contributed by atoms with E-state index < -0.39 is 0 Å². The quantitative estimate of drug-likeness (QED) is 0.682. The minimum atomic E-state index is -0.314. The van der Waals surface area contributed by atoms with Gasteiger partial charge in [0.15, 0.2) is 0 Å². The molecule has 0 unspecified atom stereocenters. The van der Waals surface area contributed by atoms with Gasteiger partial charge in [0.1, 0.15) is 5.75 Å². The van der Waals surface area contributed by atoms with E-state index in [9.17, 15) is 9.59 Å². The van der Waals surface area contributed by atoms with Gasteiger partial charge in [-0.15, -0.1) is 0 Å². The number of nitrogens with one attached hydrogen (secondary N) is 2. The Bertz CT molecular complexity index is 534. The molecule has 1 aromatic carbocycles. The van der Waals surface area contributed by atoms with E-state index in [-0.39, 0.29) is 18.4 Å². The van der Waals surface area contributed by atoms with Gasteiger partial charge in [0.25, 0.3) is 5.91 Å². The second kappa shape index (κ2) is 10.6. The zero-order chi connectivity index (χ0) is 17.9. The Balaban J connectivity index is 2.38. The van der Waals surface area contributed by atoms with Crippen LogP contribution in [-0.2, 0) is 4.79 Å². The fraction of sp³-hybridized carbons (Fsp3) is 0.556. The summed E-state index contributed by atoms with van der Waals surface area (Å²) in [6.45, 7) is 7.92. The van der Waals surface area contributed by atoms with Crippen LogP contribution in [0.2, 0.25) is 0 Å². The zero-order valence-corrected chi connectivity index (χ0v) is 15.1. The van der Waals surface area contributed by atoms with Crippen LogP contribution in [0.25, 0.3) is 0 Å². The van der Waals surface area contributed by atoms with Crippen LogP contribution < -0.4 is 15.4 Å². The van der Waals surface area contributed by atoms with Gasteiger partial charge in [-0.05, 0) is 39.4 Å². The highest BCUT2D eigenvalue weighted by atomic mass is 16.5. The molecule has 2 N–H and O–H groups in total. The van der Waals surface area contributed by atoms with E-state index in [4.69, 9.17) is 4.74 Å². The summed E-state index contributed by atoms with van der Waals surface area (Å²) in [6.07, 6.45) is 1.07. The number of carbonyl (C=O) groups excluding carboxylic acids is 2. The van der Waals surface area contributed by atoms with Crippen LogP contribution >= 0.6 is 0 Å². The highest BCUT2D eigenvalue weighted by molar-refractivity contribution is 5.98. The summed E-state index contributed by atoms with van der Waals surface area (Å²) in [6, 6.07) is 7.48. The molecule has 134 valence electrons. The number of para-hydroxylation sites is 1. The third kappa shape index (κ3) is 6.58. The zero-order valence-electron chi connectivity index (χ0n) is 15.1. The molecule has 0 aliphatic heterocycles. The van der Waals surface area contributed by atoms with E-state index >= 15 is 0 Å². The van der Waals surface area contributed by atoms with Gasteiger partial charge in [0.2, 0.25) is 5.91 Å². The lowest BCUT2D eigenvalue weighted by Crippen LogP contribution is -2.41. The predicted molar refractivity (Wildman–Crippen MR) is 95.3 cm³/mol. The molecule has 0 saturated carbocycles. The lowest BCUT2D eigenvalue weighted by atomic mass is 10.2. The first-order valence-corrected chi connectivity index (χ1v) is 8.46. The van der Waals surface area contributed by atoms with E-state index in [1.54, 1.807) is 18.2 Å². The summed E-state index contributed by atoms with van der Waals surface area (Å²) >= 11 is 0.